The van der Waals surface area contributed by atoms with Crippen molar-refractivity contribution < 1.29 is 23.7 Å². The second-order valence-corrected chi connectivity index (χ2v) is 4.99. The van der Waals surface area contributed by atoms with Crippen molar-refractivity contribution >= 4 is 28.6 Å². The van der Waals surface area contributed by atoms with E-state index < -0.39 is 39.9 Å². The van der Waals surface area contributed by atoms with Gasteiger partial charge in [0, 0.05) is 17.7 Å². The van der Waals surface area contributed by atoms with Crippen LogP contribution in [0.5, 0.6) is 0 Å². The molecule has 0 aliphatic carbocycles. The maximum Gasteiger partial charge on any atom is 0.327 e. The van der Waals surface area contributed by atoms with Gasteiger partial charge in [-0.3, -0.25) is 13.8 Å². The Balaban J connectivity index is 4.52. The lowest BCUT2D eigenvalue weighted by atomic mass is 10.3. The Hall–Kier alpha value is -1.44. The van der Waals surface area contributed by atoms with E-state index in [2.05, 4.69) is 5.32 Å². The average molecular weight is 250 g/mol. The molecule has 0 saturated heterocycles. The minimum atomic E-state index is -1.73. The fourth-order valence-corrected chi connectivity index (χ4v) is 1.96. The molecule has 0 aromatic carbocycles. The molecule has 0 rings (SSSR count). The summed E-state index contributed by atoms with van der Waals surface area (Å²) in [6.07, 6.45) is 0. The molecule has 0 aromatic heterocycles. The standard InChI is InChI=1S/C8H14N2O5S/c1-4(7(9)12)16(15)3-6(8(13)14)10-5(2)11/h4,6H,3H2,1-2H3,(H2,9,12)(H,10,11)(H,13,14)/t4?,6-,16?/m0/s1. The number of aliphatic carboxylic acids is 1. The third kappa shape index (κ3) is 4.87. The van der Waals surface area contributed by atoms with Gasteiger partial charge >= 0.3 is 5.97 Å². The number of carboxylic acid groups (broad SMARTS) is 1. The van der Waals surface area contributed by atoms with Crippen LogP contribution >= 0.6 is 0 Å². The fraction of sp³-hybridized carbons (Fsp3) is 0.625. The van der Waals surface area contributed by atoms with Crippen LogP contribution in [0.1, 0.15) is 13.8 Å². The lowest BCUT2D eigenvalue weighted by Gasteiger charge is -2.14. The molecule has 0 saturated carbocycles. The fourth-order valence-electron chi connectivity index (χ4n) is 0.858. The molecular weight excluding hydrogens is 236 g/mol. The predicted molar refractivity (Wildman–Crippen MR) is 56.9 cm³/mol. The molecule has 2 amide bonds. The zero-order valence-corrected chi connectivity index (χ0v) is 9.74. The van der Waals surface area contributed by atoms with Crippen LogP contribution in [0.3, 0.4) is 0 Å². The molecule has 16 heavy (non-hydrogen) atoms. The molecule has 0 radical (unpaired) electrons. The summed E-state index contributed by atoms with van der Waals surface area (Å²) in [7, 11) is -1.73. The minimum absolute atomic E-state index is 0.348. The van der Waals surface area contributed by atoms with Crippen molar-refractivity contribution in [2.45, 2.75) is 25.1 Å². The van der Waals surface area contributed by atoms with E-state index in [0.717, 1.165) is 6.92 Å². The highest BCUT2D eigenvalue weighted by Crippen LogP contribution is 1.99. The Bertz CT molecular complexity index is 330. The number of hydrogen-bond donors (Lipinski definition) is 3. The second-order valence-electron chi connectivity index (χ2n) is 3.18. The first kappa shape index (κ1) is 14.6. The van der Waals surface area contributed by atoms with Crippen molar-refractivity contribution in [1.82, 2.24) is 5.32 Å². The lowest BCUT2D eigenvalue weighted by Crippen LogP contribution is -2.45. The van der Waals surface area contributed by atoms with Gasteiger partial charge < -0.3 is 16.2 Å². The number of carboxylic acids is 1. The van der Waals surface area contributed by atoms with Crippen molar-refractivity contribution in [2.24, 2.45) is 5.73 Å². The third-order valence-corrected chi connectivity index (χ3v) is 3.48. The summed E-state index contributed by atoms with van der Waals surface area (Å²) in [5.41, 5.74) is 4.92. The number of primary amides is 1. The molecule has 7 nitrogen and oxygen atoms in total. The van der Waals surface area contributed by atoms with Gasteiger partial charge in [-0.05, 0) is 6.92 Å². The number of hydrogen-bond acceptors (Lipinski definition) is 4. The molecule has 4 N–H and O–H groups in total. The van der Waals surface area contributed by atoms with E-state index in [9.17, 15) is 18.6 Å². The highest BCUT2D eigenvalue weighted by molar-refractivity contribution is 7.86. The number of amides is 2. The van der Waals surface area contributed by atoms with E-state index in [0.29, 0.717) is 0 Å². The zero-order valence-electron chi connectivity index (χ0n) is 8.93. The molecule has 0 aliphatic heterocycles. The highest BCUT2D eigenvalue weighted by atomic mass is 32.2. The molecule has 0 heterocycles. The van der Waals surface area contributed by atoms with Gasteiger partial charge in [0.25, 0.3) is 0 Å². The first-order valence-corrected chi connectivity index (χ1v) is 5.80. The molecule has 0 spiro atoms. The first-order valence-electron chi connectivity index (χ1n) is 4.42. The zero-order chi connectivity index (χ0) is 12.9. The Morgan fingerprint density at radius 3 is 2.25 bits per heavy atom. The normalized spacial score (nSPS) is 15.9. The van der Waals surface area contributed by atoms with Gasteiger partial charge in [-0.25, -0.2) is 4.79 Å². The molecule has 0 bridgehead atoms. The van der Waals surface area contributed by atoms with Gasteiger partial charge in [0.2, 0.25) is 11.8 Å². The quantitative estimate of drug-likeness (QED) is 0.512. The van der Waals surface area contributed by atoms with Crippen molar-refractivity contribution in [2.75, 3.05) is 5.75 Å². The largest absolute Gasteiger partial charge is 0.480 e. The predicted octanol–water partition coefficient (Wildman–Crippen LogP) is -1.80. The SMILES string of the molecule is CC(=O)N[C@@H](CS(=O)C(C)C(N)=O)C(=O)O. The summed E-state index contributed by atoms with van der Waals surface area (Å²) in [6, 6.07) is -1.28. The smallest absolute Gasteiger partial charge is 0.327 e. The molecule has 8 heteroatoms. The Morgan fingerprint density at radius 1 is 1.44 bits per heavy atom. The van der Waals surface area contributed by atoms with Gasteiger partial charge in [0.05, 0.1) is 5.75 Å². The van der Waals surface area contributed by atoms with E-state index in [1.165, 1.54) is 6.92 Å². The van der Waals surface area contributed by atoms with E-state index in [4.69, 9.17) is 10.8 Å². The van der Waals surface area contributed by atoms with Gasteiger partial charge in [0.15, 0.2) is 0 Å². The van der Waals surface area contributed by atoms with Gasteiger partial charge in [-0.15, -0.1) is 0 Å². The van der Waals surface area contributed by atoms with Crippen LogP contribution < -0.4 is 11.1 Å². The molecule has 3 atom stereocenters. The molecular formula is C8H14N2O5S. The highest BCUT2D eigenvalue weighted by Gasteiger charge is 2.25. The number of nitrogens with two attached hydrogens (primary N) is 1. The van der Waals surface area contributed by atoms with Crippen LogP contribution in [0, 0.1) is 0 Å². The van der Waals surface area contributed by atoms with Crippen LogP contribution in [0.25, 0.3) is 0 Å². The van der Waals surface area contributed by atoms with E-state index >= 15 is 0 Å². The number of nitrogens with one attached hydrogen (secondary N) is 1. The molecule has 2 unspecified atom stereocenters. The summed E-state index contributed by atoms with van der Waals surface area (Å²) >= 11 is 0. The van der Waals surface area contributed by atoms with Crippen LogP contribution in [-0.2, 0) is 25.2 Å². The van der Waals surface area contributed by atoms with Crippen molar-refractivity contribution in [3.05, 3.63) is 0 Å². The molecule has 0 fully saturated rings. The summed E-state index contributed by atoms with van der Waals surface area (Å²) in [4.78, 5) is 32.1. The summed E-state index contributed by atoms with van der Waals surface area (Å²) < 4.78 is 11.5. The third-order valence-electron chi connectivity index (χ3n) is 1.80. The lowest BCUT2D eigenvalue weighted by molar-refractivity contribution is -0.140. The van der Waals surface area contributed by atoms with E-state index in [-0.39, 0.29) is 5.75 Å². The summed E-state index contributed by atoms with van der Waals surface area (Å²) in [5, 5.41) is 9.90. The van der Waals surface area contributed by atoms with Crippen LogP contribution in [0.2, 0.25) is 0 Å². The Kier molecular flexibility index (Phi) is 5.65. The monoisotopic (exact) mass is 250 g/mol. The first-order chi connectivity index (χ1) is 7.25. The van der Waals surface area contributed by atoms with Crippen molar-refractivity contribution in [1.29, 1.82) is 0 Å². The molecule has 92 valence electrons. The number of rotatable bonds is 6. The van der Waals surface area contributed by atoms with Crippen LogP contribution in [0.4, 0.5) is 0 Å². The van der Waals surface area contributed by atoms with Gasteiger partial charge in [-0.2, -0.15) is 0 Å². The second kappa shape index (κ2) is 6.21. The number of carbonyl (C=O) groups excluding carboxylic acids is 2. The van der Waals surface area contributed by atoms with E-state index in [1.807, 2.05) is 0 Å². The van der Waals surface area contributed by atoms with Crippen molar-refractivity contribution in [3.8, 4) is 0 Å². The topological polar surface area (TPSA) is 127 Å². The average Bonchev–Trinajstić information content (AvgIpc) is 2.14. The van der Waals surface area contributed by atoms with Gasteiger partial charge in [0.1, 0.15) is 11.3 Å². The van der Waals surface area contributed by atoms with Crippen molar-refractivity contribution in [3.63, 3.8) is 0 Å². The Labute approximate surface area is 94.8 Å². The number of carbonyl (C=O) groups is 3. The van der Waals surface area contributed by atoms with E-state index in [1.54, 1.807) is 0 Å². The maximum absolute atomic E-state index is 11.5. The summed E-state index contributed by atoms with van der Waals surface area (Å²) in [5.74, 6) is -2.97. The summed E-state index contributed by atoms with van der Waals surface area (Å²) in [6.45, 7) is 2.49. The maximum atomic E-state index is 11.5. The Morgan fingerprint density at radius 2 is 1.94 bits per heavy atom. The molecule has 0 aliphatic rings. The van der Waals surface area contributed by atoms with Crippen LogP contribution in [0.15, 0.2) is 0 Å². The van der Waals surface area contributed by atoms with Crippen LogP contribution in [-0.4, -0.2) is 44.1 Å². The van der Waals surface area contributed by atoms with Gasteiger partial charge in [-0.1, -0.05) is 0 Å². The molecule has 0 aromatic rings. The minimum Gasteiger partial charge on any atom is -0.480 e.